The number of fused-ring (bicyclic) bond motifs is 1. The number of carbonyl (C=O) groups is 1. The molecule has 2 rings (SSSR count). The van der Waals surface area contributed by atoms with Gasteiger partial charge >= 0.3 is 0 Å². The van der Waals surface area contributed by atoms with Gasteiger partial charge in [-0.3, -0.25) is 4.79 Å². The Kier molecular flexibility index (Phi) is 5.31. The molecule has 2 N–H and O–H groups in total. The normalized spacial score (nSPS) is 14.0. The van der Waals surface area contributed by atoms with E-state index in [9.17, 15) is 9.90 Å². The zero-order valence-electron chi connectivity index (χ0n) is 12.5. The van der Waals surface area contributed by atoms with Crippen LogP contribution < -0.4 is 5.32 Å². The molecule has 0 bridgehead atoms. The Morgan fingerprint density at radius 2 is 2.14 bits per heavy atom. The number of nitrogens with zero attached hydrogens (tertiary/aromatic N) is 1. The van der Waals surface area contributed by atoms with E-state index < -0.39 is 5.60 Å². The van der Waals surface area contributed by atoms with Gasteiger partial charge in [-0.1, -0.05) is 18.2 Å². The fraction of sp³-hybridized carbons (Fsp3) is 0.438. The van der Waals surface area contributed by atoms with Gasteiger partial charge in [0.05, 0.1) is 5.60 Å². The largest absolute Gasteiger partial charge is 0.387 e. The minimum Gasteiger partial charge on any atom is -0.387 e. The van der Waals surface area contributed by atoms with Gasteiger partial charge in [0.2, 0.25) is 5.91 Å². The predicted octanol–water partition coefficient (Wildman–Crippen LogP) is 2.26. The Hall–Kier alpha value is -1.46. The first-order valence-corrected chi connectivity index (χ1v) is 8.43. The number of rotatable bonds is 7. The molecule has 5 heteroatoms. The van der Waals surface area contributed by atoms with Crippen LogP contribution in [-0.2, 0) is 11.3 Å². The Morgan fingerprint density at radius 1 is 1.38 bits per heavy atom. The van der Waals surface area contributed by atoms with E-state index in [1.54, 1.807) is 18.7 Å². The maximum Gasteiger partial charge on any atom is 0.221 e. The molecule has 0 aliphatic carbocycles. The summed E-state index contributed by atoms with van der Waals surface area (Å²) in [5.74, 6) is 0.573. The zero-order chi connectivity index (χ0) is 15.3. The molecule has 0 aliphatic rings. The minimum absolute atomic E-state index is 0.0332. The van der Waals surface area contributed by atoms with Crippen molar-refractivity contribution in [1.29, 1.82) is 0 Å². The summed E-state index contributed by atoms with van der Waals surface area (Å²) >= 11 is 1.57. The molecule has 0 saturated carbocycles. The highest BCUT2D eigenvalue weighted by molar-refractivity contribution is 7.98. The summed E-state index contributed by atoms with van der Waals surface area (Å²) in [5, 5.41) is 14.0. The van der Waals surface area contributed by atoms with Gasteiger partial charge in [0.25, 0.3) is 0 Å². The lowest BCUT2D eigenvalue weighted by molar-refractivity contribution is -0.122. The second-order valence-corrected chi connectivity index (χ2v) is 6.39. The Balaban J connectivity index is 1.84. The van der Waals surface area contributed by atoms with Crippen molar-refractivity contribution in [3.63, 3.8) is 0 Å². The van der Waals surface area contributed by atoms with Crippen LogP contribution >= 0.6 is 11.8 Å². The third-order valence-electron chi connectivity index (χ3n) is 3.38. The molecular formula is C16H22N2O2S. The molecule has 0 fully saturated rings. The summed E-state index contributed by atoms with van der Waals surface area (Å²) in [5.41, 5.74) is 0.287. The van der Waals surface area contributed by atoms with Crippen molar-refractivity contribution in [3.8, 4) is 0 Å². The van der Waals surface area contributed by atoms with Crippen molar-refractivity contribution in [3.05, 3.63) is 36.5 Å². The molecule has 1 amide bonds. The van der Waals surface area contributed by atoms with Gasteiger partial charge in [0, 0.05) is 37.0 Å². The summed E-state index contributed by atoms with van der Waals surface area (Å²) in [6.07, 6.45) is 4.35. The van der Waals surface area contributed by atoms with Crippen molar-refractivity contribution in [2.24, 2.45) is 0 Å². The Morgan fingerprint density at radius 3 is 2.90 bits per heavy atom. The second-order valence-electron chi connectivity index (χ2n) is 5.52. The Labute approximate surface area is 129 Å². The molecule has 1 aromatic heterocycles. The van der Waals surface area contributed by atoms with Gasteiger partial charge < -0.3 is 15.0 Å². The van der Waals surface area contributed by atoms with Crippen LogP contribution in [0.1, 0.15) is 13.3 Å². The zero-order valence-corrected chi connectivity index (χ0v) is 13.3. The van der Waals surface area contributed by atoms with Gasteiger partial charge in [-0.25, -0.2) is 0 Å². The van der Waals surface area contributed by atoms with Crippen LogP contribution in [0.5, 0.6) is 0 Å². The average molecular weight is 306 g/mol. The number of aliphatic hydroxyl groups is 1. The molecule has 1 unspecified atom stereocenters. The third kappa shape index (κ3) is 4.51. The SMILES string of the molecule is CSCC(C)(O)CNC(=O)CCn1ccc2ccccc21. The van der Waals surface area contributed by atoms with Crippen molar-refractivity contribution >= 4 is 28.6 Å². The number of benzene rings is 1. The van der Waals surface area contributed by atoms with Crippen LogP contribution in [0.15, 0.2) is 36.5 Å². The van der Waals surface area contributed by atoms with E-state index in [1.807, 2.05) is 24.6 Å². The summed E-state index contributed by atoms with van der Waals surface area (Å²) in [7, 11) is 0. The summed E-state index contributed by atoms with van der Waals surface area (Å²) in [4.78, 5) is 11.9. The molecule has 1 heterocycles. The van der Waals surface area contributed by atoms with Crippen molar-refractivity contribution in [2.75, 3.05) is 18.6 Å². The van der Waals surface area contributed by atoms with Gasteiger partial charge in [0.15, 0.2) is 0 Å². The van der Waals surface area contributed by atoms with Gasteiger partial charge in [0.1, 0.15) is 0 Å². The molecule has 0 radical (unpaired) electrons. The number of nitrogens with one attached hydrogen (secondary N) is 1. The minimum atomic E-state index is -0.852. The molecule has 21 heavy (non-hydrogen) atoms. The first-order chi connectivity index (χ1) is 10.0. The number of para-hydroxylation sites is 1. The molecular weight excluding hydrogens is 284 g/mol. The van der Waals surface area contributed by atoms with E-state index >= 15 is 0 Å². The number of aryl methyl sites for hydroxylation is 1. The highest BCUT2D eigenvalue weighted by Gasteiger charge is 2.20. The van der Waals surface area contributed by atoms with Crippen molar-refractivity contribution in [1.82, 2.24) is 9.88 Å². The van der Waals surface area contributed by atoms with E-state index in [1.165, 1.54) is 5.39 Å². The van der Waals surface area contributed by atoms with Gasteiger partial charge in [-0.15, -0.1) is 0 Å². The lowest BCUT2D eigenvalue weighted by atomic mass is 10.1. The number of carbonyl (C=O) groups excluding carboxylic acids is 1. The lowest BCUT2D eigenvalue weighted by Crippen LogP contribution is -2.42. The van der Waals surface area contributed by atoms with Crippen LogP contribution in [0.2, 0.25) is 0 Å². The first kappa shape index (κ1) is 15.9. The smallest absolute Gasteiger partial charge is 0.221 e. The van der Waals surface area contributed by atoms with E-state index in [0.29, 0.717) is 25.3 Å². The van der Waals surface area contributed by atoms with Crippen LogP contribution in [0.3, 0.4) is 0 Å². The van der Waals surface area contributed by atoms with Crippen LogP contribution in [0, 0.1) is 0 Å². The number of hydrogen-bond acceptors (Lipinski definition) is 3. The maximum absolute atomic E-state index is 11.9. The van der Waals surface area contributed by atoms with Gasteiger partial charge in [-0.05, 0) is 30.7 Å². The highest BCUT2D eigenvalue weighted by Crippen LogP contribution is 2.15. The van der Waals surface area contributed by atoms with E-state index in [4.69, 9.17) is 0 Å². The summed E-state index contributed by atoms with van der Waals surface area (Å²) in [6, 6.07) is 10.2. The molecule has 0 spiro atoms. The quantitative estimate of drug-likeness (QED) is 0.825. The van der Waals surface area contributed by atoms with Crippen LogP contribution in [0.25, 0.3) is 10.9 Å². The van der Waals surface area contributed by atoms with Crippen LogP contribution in [0.4, 0.5) is 0 Å². The average Bonchev–Trinajstić information content (AvgIpc) is 2.86. The number of amides is 1. The maximum atomic E-state index is 11.9. The standard InChI is InChI=1S/C16H22N2O2S/c1-16(20,12-21-2)11-17-15(19)8-10-18-9-7-13-5-3-4-6-14(13)18/h3-7,9,20H,8,10-12H2,1-2H3,(H,17,19). The summed E-state index contributed by atoms with van der Waals surface area (Å²) in [6.45, 7) is 2.67. The Bertz CT molecular complexity index is 607. The fourth-order valence-electron chi connectivity index (χ4n) is 2.30. The molecule has 0 aliphatic heterocycles. The molecule has 114 valence electrons. The van der Waals surface area contributed by atoms with Gasteiger partial charge in [-0.2, -0.15) is 11.8 Å². The third-order valence-corrected chi connectivity index (χ3v) is 4.29. The first-order valence-electron chi connectivity index (χ1n) is 7.04. The number of hydrogen-bond donors (Lipinski definition) is 2. The molecule has 0 saturated heterocycles. The molecule has 2 aromatic rings. The van der Waals surface area contributed by atoms with Crippen molar-refractivity contribution < 1.29 is 9.90 Å². The summed E-state index contributed by atoms with van der Waals surface area (Å²) < 4.78 is 2.08. The van der Waals surface area contributed by atoms with E-state index in [0.717, 1.165) is 5.52 Å². The second kappa shape index (κ2) is 7.00. The van der Waals surface area contributed by atoms with Crippen molar-refractivity contribution in [2.45, 2.75) is 25.5 Å². The van der Waals surface area contributed by atoms with E-state index in [2.05, 4.69) is 28.1 Å². The predicted molar refractivity (Wildman–Crippen MR) is 88.6 cm³/mol. The molecule has 1 atom stereocenters. The van der Waals surface area contributed by atoms with E-state index in [-0.39, 0.29) is 5.91 Å². The number of aromatic nitrogens is 1. The number of thioether (sulfide) groups is 1. The lowest BCUT2D eigenvalue weighted by Gasteiger charge is -2.22. The highest BCUT2D eigenvalue weighted by atomic mass is 32.2. The topological polar surface area (TPSA) is 54.3 Å². The monoisotopic (exact) mass is 306 g/mol. The fourth-order valence-corrected chi connectivity index (χ4v) is 3.02. The molecule has 4 nitrogen and oxygen atoms in total. The molecule has 1 aromatic carbocycles. The van der Waals surface area contributed by atoms with Crippen LogP contribution in [-0.4, -0.2) is 39.7 Å².